The first-order valence-electron chi connectivity index (χ1n) is 3.13. The largest absolute Gasteiger partial charge is 0.393 e. The van der Waals surface area contributed by atoms with Crippen molar-refractivity contribution in [1.82, 2.24) is 0 Å². The van der Waals surface area contributed by atoms with Crippen molar-refractivity contribution in [3.05, 3.63) is 0 Å². The molecule has 0 aliphatic carbocycles. The van der Waals surface area contributed by atoms with Gasteiger partial charge in [0.2, 0.25) is 0 Å². The number of alkyl halides is 3. The maximum Gasteiger partial charge on any atom is 0.278 e. The Morgan fingerprint density at radius 2 is 2.00 bits per heavy atom. The Labute approximate surface area is 57.9 Å². The first-order chi connectivity index (χ1) is 4.52. The van der Waals surface area contributed by atoms with Crippen molar-refractivity contribution >= 4 is 0 Å². The molecule has 0 aromatic heterocycles. The van der Waals surface area contributed by atoms with Crippen LogP contribution in [0.25, 0.3) is 0 Å². The summed E-state index contributed by atoms with van der Waals surface area (Å²) >= 11 is 0. The van der Waals surface area contributed by atoms with E-state index in [-0.39, 0.29) is 6.42 Å². The summed E-state index contributed by atoms with van der Waals surface area (Å²) in [4.78, 5) is 0. The van der Waals surface area contributed by atoms with Gasteiger partial charge in [-0.25, -0.2) is 13.2 Å². The zero-order valence-corrected chi connectivity index (χ0v) is 5.78. The molecule has 1 unspecified atom stereocenters. The highest BCUT2D eigenvalue weighted by molar-refractivity contribution is 4.69. The summed E-state index contributed by atoms with van der Waals surface area (Å²) in [6.45, 7) is -0.122. The number of rotatable bonds is 4. The monoisotopic (exact) mass is 156 g/mol. The molecule has 0 bridgehead atoms. The highest BCUT2D eigenvalue weighted by atomic mass is 19.3. The molecule has 62 valence electrons. The molecule has 0 saturated carbocycles. The molecule has 0 aliphatic rings. The van der Waals surface area contributed by atoms with Gasteiger partial charge in [-0.05, 0) is 6.42 Å². The van der Waals surface area contributed by atoms with Crippen LogP contribution < -0.4 is 0 Å². The van der Waals surface area contributed by atoms with E-state index < -0.39 is 25.1 Å². The lowest BCUT2D eigenvalue weighted by molar-refractivity contribution is -0.0612. The summed E-state index contributed by atoms with van der Waals surface area (Å²) in [5.74, 6) is -3.35. The summed E-state index contributed by atoms with van der Waals surface area (Å²) in [6, 6.07) is 0. The molecule has 1 nitrogen and oxygen atoms in total. The van der Waals surface area contributed by atoms with Crippen LogP contribution in [-0.4, -0.2) is 23.8 Å². The van der Waals surface area contributed by atoms with Gasteiger partial charge in [0.1, 0.15) is 0 Å². The number of aliphatic hydroxyl groups is 1. The minimum Gasteiger partial charge on any atom is -0.393 e. The van der Waals surface area contributed by atoms with Crippen LogP contribution in [0.4, 0.5) is 13.2 Å². The van der Waals surface area contributed by atoms with Gasteiger partial charge in [0, 0.05) is 6.42 Å². The summed E-state index contributed by atoms with van der Waals surface area (Å²) < 4.78 is 35.5. The van der Waals surface area contributed by atoms with Crippen molar-refractivity contribution in [3.63, 3.8) is 0 Å². The van der Waals surface area contributed by atoms with E-state index >= 15 is 0 Å². The molecule has 0 amide bonds. The number of halogens is 3. The lowest BCUT2D eigenvalue weighted by Gasteiger charge is -2.14. The summed E-state index contributed by atoms with van der Waals surface area (Å²) in [7, 11) is 0. The highest BCUT2D eigenvalue weighted by Gasteiger charge is 2.31. The van der Waals surface area contributed by atoms with Gasteiger partial charge in [-0.3, -0.25) is 0 Å². The third kappa shape index (κ3) is 3.71. The Hall–Kier alpha value is -0.250. The molecule has 4 heteroatoms. The van der Waals surface area contributed by atoms with Crippen molar-refractivity contribution < 1.29 is 18.3 Å². The van der Waals surface area contributed by atoms with Gasteiger partial charge in [0.05, 0.1) is 6.10 Å². The van der Waals surface area contributed by atoms with Crippen LogP contribution in [0.2, 0.25) is 0 Å². The van der Waals surface area contributed by atoms with E-state index in [9.17, 15) is 13.2 Å². The van der Waals surface area contributed by atoms with Crippen LogP contribution in [0.1, 0.15) is 19.8 Å². The summed E-state index contributed by atoms with van der Waals surface area (Å²) in [5.41, 5.74) is 0. The molecule has 0 spiro atoms. The number of hydrogen-bond acceptors (Lipinski definition) is 1. The molecule has 0 aromatic carbocycles. The smallest absolute Gasteiger partial charge is 0.278 e. The Balaban J connectivity index is 3.64. The van der Waals surface area contributed by atoms with Crippen molar-refractivity contribution in [2.75, 3.05) is 6.67 Å². The Bertz CT molecular complexity index is 95.0. The van der Waals surface area contributed by atoms with Crippen LogP contribution in [0.3, 0.4) is 0 Å². The zero-order valence-electron chi connectivity index (χ0n) is 5.78. The lowest BCUT2D eigenvalue weighted by atomic mass is 10.1. The second-order valence-electron chi connectivity index (χ2n) is 2.26. The van der Waals surface area contributed by atoms with Crippen LogP contribution in [0, 0.1) is 0 Å². The van der Waals surface area contributed by atoms with Crippen molar-refractivity contribution in [3.8, 4) is 0 Å². The van der Waals surface area contributed by atoms with Crippen molar-refractivity contribution in [2.24, 2.45) is 0 Å². The Kier molecular flexibility index (Phi) is 3.71. The van der Waals surface area contributed by atoms with Gasteiger partial charge in [-0.15, -0.1) is 0 Å². The highest BCUT2D eigenvalue weighted by Crippen LogP contribution is 2.21. The zero-order chi connectivity index (χ0) is 8.20. The molecule has 0 saturated heterocycles. The van der Waals surface area contributed by atoms with Gasteiger partial charge in [-0.2, -0.15) is 0 Å². The van der Waals surface area contributed by atoms with E-state index in [1.165, 1.54) is 0 Å². The Morgan fingerprint density at radius 3 is 2.30 bits per heavy atom. The average Bonchev–Trinajstić information content (AvgIpc) is 1.87. The third-order valence-corrected chi connectivity index (χ3v) is 1.20. The SMILES string of the molecule is CCC(O)CC(F)(F)CF. The normalized spacial score (nSPS) is 15.3. The minimum atomic E-state index is -3.35. The Morgan fingerprint density at radius 1 is 1.50 bits per heavy atom. The fourth-order valence-corrected chi connectivity index (χ4v) is 0.544. The lowest BCUT2D eigenvalue weighted by Crippen LogP contribution is -2.25. The minimum absolute atomic E-state index is 0.232. The molecular weight excluding hydrogens is 145 g/mol. The molecule has 0 aromatic rings. The first kappa shape index (κ1) is 9.75. The van der Waals surface area contributed by atoms with Crippen LogP contribution >= 0.6 is 0 Å². The molecule has 0 radical (unpaired) electrons. The fourth-order valence-electron chi connectivity index (χ4n) is 0.544. The van der Waals surface area contributed by atoms with Crippen LogP contribution in [-0.2, 0) is 0 Å². The van der Waals surface area contributed by atoms with Gasteiger partial charge in [-0.1, -0.05) is 6.92 Å². The van der Waals surface area contributed by atoms with E-state index in [0.29, 0.717) is 0 Å². The van der Waals surface area contributed by atoms with Gasteiger partial charge < -0.3 is 5.11 Å². The summed E-state index contributed by atoms with van der Waals surface area (Å²) in [6.07, 6.45) is -1.64. The first-order valence-corrected chi connectivity index (χ1v) is 3.13. The van der Waals surface area contributed by atoms with Gasteiger partial charge >= 0.3 is 0 Å². The maximum atomic E-state index is 12.1. The molecule has 10 heavy (non-hydrogen) atoms. The van der Waals surface area contributed by atoms with E-state index in [0.717, 1.165) is 0 Å². The standard InChI is InChI=1S/C6H11F3O/c1-2-5(10)3-6(8,9)4-7/h5,10H,2-4H2,1H3. The molecule has 1 atom stereocenters. The van der Waals surface area contributed by atoms with Gasteiger partial charge in [0.15, 0.2) is 6.67 Å². The topological polar surface area (TPSA) is 20.2 Å². The predicted molar refractivity (Wildman–Crippen MR) is 31.8 cm³/mol. The average molecular weight is 156 g/mol. The molecule has 0 heterocycles. The van der Waals surface area contributed by atoms with Crippen LogP contribution in [0.15, 0.2) is 0 Å². The second-order valence-corrected chi connectivity index (χ2v) is 2.26. The van der Waals surface area contributed by atoms with E-state index in [1.807, 2.05) is 0 Å². The van der Waals surface area contributed by atoms with Crippen molar-refractivity contribution in [1.29, 1.82) is 0 Å². The summed E-state index contributed by atoms with van der Waals surface area (Å²) in [5, 5.41) is 8.68. The molecule has 0 fully saturated rings. The van der Waals surface area contributed by atoms with E-state index in [4.69, 9.17) is 5.11 Å². The fraction of sp³-hybridized carbons (Fsp3) is 1.00. The second kappa shape index (κ2) is 3.81. The van der Waals surface area contributed by atoms with Gasteiger partial charge in [0.25, 0.3) is 5.92 Å². The van der Waals surface area contributed by atoms with E-state index in [2.05, 4.69) is 0 Å². The third-order valence-electron chi connectivity index (χ3n) is 1.20. The predicted octanol–water partition coefficient (Wildman–Crippen LogP) is 1.75. The van der Waals surface area contributed by atoms with Crippen LogP contribution in [0.5, 0.6) is 0 Å². The van der Waals surface area contributed by atoms with E-state index in [1.54, 1.807) is 6.92 Å². The quantitative estimate of drug-likeness (QED) is 0.657. The molecular formula is C6H11F3O. The number of hydrogen-bond donors (Lipinski definition) is 1. The maximum absolute atomic E-state index is 12.1. The molecule has 0 aliphatic heterocycles. The molecule has 0 rings (SSSR count). The van der Waals surface area contributed by atoms with Crippen molar-refractivity contribution in [2.45, 2.75) is 31.8 Å². The number of aliphatic hydroxyl groups excluding tert-OH is 1. The molecule has 1 N–H and O–H groups in total.